The van der Waals surface area contributed by atoms with E-state index in [1.54, 1.807) is 0 Å². The normalized spacial score (nSPS) is 25.9. The molecule has 1 heterocycles. The van der Waals surface area contributed by atoms with Gasteiger partial charge in [0.1, 0.15) is 5.54 Å². The summed E-state index contributed by atoms with van der Waals surface area (Å²) < 4.78 is 0. The molecular formula is C14H25N3. The molecule has 1 unspecified atom stereocenters. The third-order valence-electron chi connectivity index (χ3n) is 4.14. The molecule has 0 bridgehead atoms. The highest BCUT2D eigenvalue weighted by molar-refractivity contribution is 5.16. The summed E-state index contributed by atoms with van der Waals surface area (Å²) in [6, 6.07) is 2.59. The van der Waals surface area contributed by atoms with Crippen LogP contribution in [0, 0.1) is 17.2 Å². The van der Waals surface area contributed by atoms with Crippen molar-refractivity contribution in [2.24, 2.45) is 5.92 Å². The van der Waals surface area contributed by atoms with E-state index in [1.165, 1.54) is 51.6 Å². The third kappa shape index (κ3) is 3.20. The first kappa shape index (κ1) is 12.9. The largest absolute Gasteiger partial charge is 0.300 e. The van der Waals surface area contributed by atoms with Crippen molar-refractivity contribution in [1.82, 2.24) is 10.2 Å². The predicted octanol–water partition coefficient (Wildman–Crippen LogP) is 2.14. The summed E-state index contributed by atoms with van der Waals surface area (Å²) in [5.74, 6) is 0.593. The number of hydrogen-bond donors (Lipinski definition) is 1. The van der Waals surface area contributed by atoms with Gasteiger partial charge < -0.3 is 4.90 Å². The lowest BCUT2D eigenvalue weighted by molar-refractivity contribution is 0.203. The van der Waals surface area contributed by atoms with Crippen molar-refractivity contribution in [2.75, 3.05) is 26.2 Å². The van der Waals surface area contributed by atoms with E-state index in [0.29, 0.717) is 5.92 Å². The fourth-order valence-electron chi connectivity index (χ4n) is 3.03. The molecule has 1 N–H and O–H groups in total. The van der Waals surface area contributed by atoms with Gasteiger partial charge in [-0.3, -0.25) is 5.32 Å². The Morgan fingerprint density at radius 3 is 2.35 bits per heavy atom. The van der Waals surface area contributed by atoms with Gasteiger partial charge in [0.2, 0.25) is 0 Å². The molecular weight excluding hydrogens is 210 g/mol. The Morgan fingerprint density at radius 2 is 1.88 bits per heavy atom. The Hall–Kier alpha value is -0.590. The molecule has 1 saturated carbocycles. The molecule has 1 aliphatic carbocycles. The molecule has 1 saturated heterocycles. The fraction of sp³-hybridized carbons (Fsp3) is 0.929. The van der Waals surface area contributed by atoms with Crippen molar-refractivity contribution >= 4 is 0 Å². The van der Waals surface area contributed by atoms with Gasteiger partial charge >= 0.3 is 0 Å². The minimum atomic E-state index is -0.265. The molecule has 0 aromatic carbocycles. The van der Waals surface area contributed by atoms with E-state index in [1.807, 2.05) is 0 Å². The molecule has 0 aromatic rings. The molecule has 3 nitrogen and oxygen atoms in total. The predicted molar refractivity (Wildman–Crippen MR) is 69.7 cm³/mol. The SMILES string of the molecule is CCNC(C#N)(CN1CCCCCC1)C1CC1. The van der Waals surface area contributed by atoms with Gasteiger partial charge in [0.15, 0.2) is 0 Å². The monoisotopic (exact) mass is 235 g/mol. The average molecular weight is 235 g/mol. The molecule has 0 radical (unpaired) electrons. The highest BCUT2D eigenvalue weighted by Crippen LogP contribution is 2.40. The Bertz CT molecular complexity index is 272. The highest BCUT2D eigenvalue weighted by Gasteiger charge is 2.46. The molecule has 1 aliphatic heterocycles. The second-order valence-electron chi connectivity index (χ2n) is 5.58. The van der Waals surface area contributed by atoms with E-state index < -0.39 is 0 Å². The molecule has 0 amide bonds. The van der Waals surface area contributed by atoms with Crippen molar-refractivity contribution in [1.29, 1.82) is 5.26 Å². The number of nitriles is 1. The second kappa shape index (κ2) is 5.84. The van der Waals surface area contributed by atoms with Gasteiger partial charge in [-0.25, -0.2) is 0 Å². The molecule has 1 atom stereocenters. The molecule has 3 heteroatoms. The minimum Gasteiger partial charge on any atom is -0.300 e. The van der Waals surface area contributed by atoms with Crippen LogP contribution in [0.25, 0.3) is 0 Å². The quantitative estimate of drug-likeness (QED) is 0.793. The van der Waals surface area contributed by atoms with Crippen LogP contribution in [0.5, 0.6) is 0 Å². The lowest BCUT2D eigenvalue weighted by atomic mass is 9.94. The maximum atomic E-state index is 9.58. The average Bonchev–Trinajstić information content (AvgIpc) is 3.16. The topological polar surface area (TPSA) is 39.1 Å². The van der Waals surface area contributed by atoms with Crippen molar-refractivity contribution in [3.63, 3.8) is 0 Å². The zero-order chi connectivity index (χ0) is 12.1. The van der Waals surface area contributed by atoms with Crippen LogP contribution in [-0.2, 0) is 0 Å². The Kier molecular flexibility index (Phi) is 4.42. The number of likely N-dealkylation sites (N-methyl/N-ethyl adjacent to an activating group) is 1. The Labute approximate surface area is 105 Å². The van der Waals surface area contributed by atoms with Gasteiger partial charge in [-0.05, 0) is 51.2 Å². The summed E-state index contributed by atoms with van der Waals surface area (Å²) in [6.07, 6.45) is 7.79. The first-order valence-electron chi connectivity index (χ1n) is 7.19. The van der Waals surface area contributed by atoms with Gasteiger partial charge in [-0.1, -0.05) is 19.8 Å². The van der Waals surface area contributed by atoms with Crippen molar-refractivity contribution in [2.45, 2.75) is 51.0 Å². The maximum absolute atomic E-state index is 9.58. The van der Waals surface area contributed by atoms with Crippen LogP contribution >= 0.6 is 0 Å². The van der Waals surface area contributed by atoms with Crippen LogP contribution < -0.4 is 5.32 Å². The molecule has 2 rings (SSSR count). The van der Waals surface area contributed by atoms with E-state index in [-0.39, 0.29) is 5.54 Å². The first-order chi connectivity index (χ1) is 8.30. The lowest BCUT2D eigenvalue weighted by Crippen LogP contribution is -2.54. The summed E-state index contributed by atoms with van der Waals surface area (Å²) >= 11 is 0. The molecule has 0 aromatic heterocycles. The summed E-state index contributed by atoms with van der Waals surface area (Å²) in [5.41, 5.74) is -0.265. The summed E-state index contributed by atoms with van der Waals surface area (Å²) in [7, 11) is 0. The smallest absolute Gasteiger partial charge is 0.122 e. The molecule has 0 spiro atoms. The fourth-order valence-corrected chi connectivity index (χ4v) is 3.03. The van der Waals surface area contributed by atoms with Crippen LogP contribution in [0.15, 0.2) is 0 Å². The van der Waals surface area contributed by atoms with Gasteiger partial charge in [-0.15, -0.1) is 0 Å². The number of likely N-dealkylation sites (tertiary alicyclic amines) is 1. The third-order valence-corrected chi connectivity index (χ3v) is 4.14. The Morgan fingerprint density at radius 1 is 1.24 bits per heavy atom. The zero-order valence-electron chi connectivity index (χ0n) is 11.0. The van der Waals surface area contributed by atoms with E-state index >= 15 is 0 Å². The van der Waals surface area contributed by atoms with E-state index in [4.69, 9.17) is 0 Å². The lowest BCUT2D eigenvalue weighted by Gasteiger charge is -2.33. The summed E-state index contributed by atoms with van der Waals surface area (Å²) in [6.45, 7) is 6.31. The Balaban J connectivity index is 1.98. The van der Waals surface area contributed by atoms with Crippen molar-refractivity contribution in [3.8, 4) is 6.07 Å². The van der Waals surface area contributed by atoms with Crippen LogP contribution in [-0.4, -0.2) is 36.6 Å². The standard InChI is InChI=1S/C14H25N3/c1-2-16-14(11-15,13-7-8-13)12-17-9-5-3-4-6-10-17/h13,16H,2-10,12H2,1H3. The molecule has 2 fully saturated rings. The van der Waals surface area contributed by atoms with Gasteiger partial charge in [0.25, 0.3) is 0 Å². The summed E-state index contributed by atoms with van der Waals surface area (Å²) in [4.78, 5) is 2.51. The van der Waals surface area contributed by atoms with Gasteiger partial charge in [0.05, 0.1) is 6.07 Å². The molecule has 96 valence electrons. The minimum absolute atomic E-state index is 0.265. The highest BCUT2D eigenvalue weighted by atomic mass is 15.2. The van der Waals surface area contributed by atoms with Crippen molar-refractivity contribution in [3.05, 3.63) is 0 Å². The van der Waals surface area contributed by atoms with E-state index in [0.717, 1.165) is 13.1 Å². The van der Waals surface area contributed by atoms with Crippen LogP contribution in [0.2, 0.25) is 0 Å². The van der Waals surface area contributed by atoms with E-state index in [2.05, 4.69) is 23.2 Å². The molecule has 2 aliphatic rings. The van der Waals surface area contributed by atoms with Crippen molar-refractivity contribution < 1.29 is 0 Å². The first-order valence-corrected chi connectivity index (χ1v) is 7.19. The van der Waals surface area contributed by atoms with E-state index in [9.17, 15) is 5.26 Å². The van der Waals surface area contributed by atoms with Gasteiger partial charge in [0, 0.05) is 6.54 Å². The summed E-state index contributed by atoms with van der Waals surface area (Å²) in [5, 5.41) is 13.1. The number of hydrogen-bond acceptors (Lipinski definition) is 3. The van der Waals surface area contributed by atoms with Crippen LogP contribution in [0.1, 0.15) is 45.4 Å². The number of nitrogens with zero attached hydrogens (tertiary/aromatic N) is 2. The maximum Gasteiger partial charge on any atom is 0.122 e. The zero-order valence-corrected chi connectivity index (χ0v) is 11.0. The number of rotatable bonds is 5. The van der Waals surface area contributed by atoms with Gasteiger partial charge in [-0.2, -0.15) is 5.26 Å². The number of nitrogens with one attached hydrogen (secondary N) is 1. The second-order valence-corrected chi connectivity index (χ2v) is 5.58. The molecule has 17 heavy (non-hydrogen) atoms. The van der Waals surface area contributed by atoms with Crippen LogP contribution in [0.3, 0.4) is 0 Å². The van der Waals surface area contributed by atoms with Crippen LogP contribution in [0.4, 0.5) is 0 Å².